The second-order valence-corrected chi connectivity index (χ2v) is 10.6. The molecule has 0 saturated heterocycles. The van der Waals surface area contributed by atoms with Crippen LogP contribution in [-0.4, -0.2) is 75.9 Å². The van der Waals surface area contributed by atoms with Crippen LogP contribution in [0.4, 0.5) is 0 Å². The fraction of sp³-hybridized carbons (Fsp3) is 0.577. The average molecular weight is 573 g/mol. The van der Waals surface area contributed by atoms with Crippen molar-refractivity contribution in [3.63, 3.8) is 0 Å². The van der Waals surface area contributed by atoms with Crippen molar-refractivity contribution < 1.29 is 34.8 Å². The zero-order valence-corrected chi connectivity index (χ0v) is 22.8. The van der Waals surface area contributed by atoms with Crippen LogP contribution in [0.25, 0.3) is 0 Å². The second-order valence-electron chi connectivity index (χ2n) is 8.95. The topological polar surface area (TPSA) is 151 Å². The van der Waals surface area contributed by atoms with Crippen LogP contribution in [0.1, 0.15) is 32.1 Å². The summed E-state index contributed by atoms with van der Waals surface area (Å²) >= 11 is 7.40. The van der Waals surface area contributed by atoms with E-state index < -0.39 is 23.4 Å². The fourth-order valence-electron chi connectivity index (χ4n) is 4.13. The van der Waals surface area contributed by atoms with Gasteiger partial charge in [0.25, 0.3) is 5.09 Å². The molecule has 0 radical (unpaired) electrons. The van der Waals surface area contributed by atoms with E-state index in [1.807, 2.05) is 12.2 Å². The number of hydrogen-bond acceptors (Lipinski definition) is 9. The highest BCUT2D eigenvalue weighted by molar-refractivity contribution is 7.99. The van der Waals surface area contributed by atoms with Crippen molar-refractivity contribution in [1.29, 1.82) is 0 Å². The molecule has 1 aromatic carbocycles. The predicted octanol–water partition coefficient (Wildman–Crippen LogP) is 3.17. The van der Waals surface area contributed by atoms with E-state index in [0.717, 1.165) is 0 Å². The lowest BCUT2D eigenvalue weighted by molar-refractivity contribution is -0.756. The third-order valence-electron chi connectivity index (χ3n) is 6.03. The van der Waals surface area contributed by atoms with Crippen molar-refractivity contribution in [1.82, 2.24) is 5.32 Å². The van der Waals surface area contributed by atoms with Crippen molar-refractivity contribution in [3.05, 3.63) is 63.7 Å². The zero-order chi connectivity index (χ0) is 27.8. The molecule has 212 valence electrons. The normalized spacial score (nSPS) is 22.1. The van der Waals surface area contributed by atoms with Crippen LogP contribution in [0.15, 0.2) is 48.6 Å². The summed E-state index contributed by atoms with van der Waals surface area (Å²) in [5.74, 6) is 1.20. The summed E-state index contributed by atoms with van der Waals surface area (Å²) in [4.78, 5) is 26.1. The van der Waals surface area contributed by atoms with Crippen LogP contribution >= 0.6 is 23.4 Å². The maximum absolute atomic E-state index is 11.9. The maximum atomic E-state index is 11.9. The SMILES string of the molecule is O=C(CCC/C=C\C[C@@H]1[C@@H](/C=C/[C@@H](O)COc2cccc(Cl)c2)[C@H](O)C[C@@H]1O)NCCSCCO[N+](=O)[O-]. The molecular weight excluding hydrogens is 536 g/mol. The highest BCUT2D eigenvalue weighted by Crippen LogP contribution is 2.36. The number of unbranched alkanes of at least 4 members (excludes halogenated alkanes) is 1. The summed E-state index contributed by atoms with van der Waals surface area (Å²) in [5, 5.41) is 43.6. The molecule has 1 fully saturated rings. The lowest BCUT2D eigenvalue weighted by Gasteiger charge is -2.19. The number of nitrogens with one attached hydrogen (secondary N) is 1. The van der Waals surface area contributed by atoms with Crippen molar-refractivity contribution in [2.45, 2.75) is 50.4 Å². The second kappa shape index (κ2) is 18.1. The van der Waals surface area contributed by atoms with Crippen LogP contribution in [0.5, 0.6) is 5.75 Å². The Hall–Kier alpha value is -2.31. The number of amides is 1. The smallest absolute Gasteiger partial charge is 0.294 e. The summed E-state index contributed by atoms with van der Waals surface area (Å²) in [6.45, 7) is 0.571. The van der Waals surface area contributed by atoms with Crippen LogP contribution < -0.4 is 10.1 Å². The predicted molar refractivity (Wildman–Crippen MR) is 147 cm³/mol. The van der Waals surface area contributed by atoms with Gasteiger partial charge in [0.15, 0.2) is 0 Å². The van der Waals surface area contributed by atoms with Crippen LogP contribution in [-0.2, 0) is 9.63 Å². The van der Waals surface area contributed by atoms with E-state index in [-0.39, 0.29) is 37.4 Å². The molecule has 38 heavy (non-hydrogen) atoms. The Balaban J connectivity index is 1.63. The van der Waals surface area contributed by atoms with Gasteiger partial charge in [-0.3, -0.25) is 4.79 Å². The first kappa shape index (κ1) is 31.9. The number of allylic oxidation sites excluding steroid dienone is 2. The first-order chi connectivity index (χ1) is 18.3. The van der Waals surface area contributed by atoms with Gasteiger partial charge >= 0.3 is 0 Å². The van der Waals surface area contributed by atoms with E-state index in [4.69, 9.17) is 16.3 Å². The van der Waals surface area contributed by atoms with Gasteiger partial charge in [0, 0.05) is 41.8 Å². The van der Waals surface area contributed by atoms with Crippen LogP contribution in [0.3, 0.4) is 0 Å². The van der Waals surface area contributed by atoms with E-state index in [2.05, 4.69) is 10.2 Å². The minimum Gasteiger partial charge on any atom is -0.491 e. The Morgan fingerprint density at radius 1 is 1.29 bits per heavy atom. The summed E-state index contributed by atoms with van der Waals surface area (Å²) in [5.41, 5.74) is 0. The summed E-state index contributed by atoms with van der Waals surface area (Å²) in [6, 6.07) is 6.90. The largest absolute Gasteiger partial charge is 0.491 e. The van der Waals surface area contributed by atoms with Gasteiger partial charge in [0.05, 0.1) is 12.2 Å². The van der Waals surface area contributed by atoms with Gasteiger partial charge in [0.2, 0.25) is 5.91 Å². The lowest BCUT2D eigenvalue weighted by atomic mass is 9.89. The van der Waals surface area contributed by atoms with Gasteiger partial charge in [-0.15, -0.1) is 10.1 Å². The lowest BCUT2D eigenvalue weighted by Crippen LogP contribution is -2.25. The Kier molecular flexibility index (Phi) is 15.2. The third-order valence-corrected chi connectivity index (χ3v) is 7.21. The van der Waals surface area contributed by atoms with Crippen molar-refractivity contribution in [3.8, 4) is 5.75 Å². The number of rotatable bonds is 18. The fourth-order valence-corrected chi connectivity index (χ4v) is 4.96. The van der Waals surface area contributed by atoms with Crippen molar-refractivity contribution >= 4 is 29.3 Å². The Bertz CT molecular complexity index is 919. The summed E-state index contributed by atoms with van der Waals surface area (Å²) in [7, 11) is 0. The molecule has 12 heteroatoms. The first-order valence-electron chi connectivity index (χ1n) is 12.6. The molecule has 0 aliphatic heterocycles. The molecule has 0 heterocycles. The highest BCUT2D eigenvalue weighted by atomic mass is 35.5. The van der Waals surface area contributed by atoms with Gasteiger partial charge in [-0.25, -0.2) is 0 Å². The van der Waals surface area contributed by atoms with E-state index >= 15 is 0 Å². The third kappa shape index (κ3) is 13.0. The van der Waals surface area contributed by atoms with Crippen LogP contribution in [0.2, 0.25) is 5.02 Å². The molecule has 1 saturated carbocycles. The molecule has 1 aliphatic carbocycles. The maximum Gasteiger partial charge on any atom is 0.294 e. The highest BCUT2D eigenvalue weighted by Gasteiger charge is 2.39. The molecule has 0 aromatic heterocycles. The molecule has 1 amide bonds. The Morgan fingerprint density at radius 3 is 2.87 bits per heavy atom. The van der Waals surface area contributed by atoms with E-state index in [1.165, 1.54) is 11.8 Å². The molecule has 1 aliphatic rings. The van der Waals surface area contributed by atoms with Gasteiger partial charge in [-0.1, -0.05) is 42.0 Å². The number of carbonyl (C=O) groups is 1. The number of nitrogens with zero attached hydrogens (tertiary/aromatic N) is 1. The molecule has 0 spiro atoms. The monoisotopic (exact) mass is 572 g/mol. The molecular formula is C26H37ClN2O8S. The molecule has 2 rings (SSSR count). The summed E-state index contributed by atoms with van der Waals surface area (Å²) < 4.78 is 5.54. The van der Waals surface area contributed by atoms with Gasteiger partial charge in [-0.2, -0.15) is 11.8 Å². The van der Waals surface area contributed by atoms with Crippen molar-refractivity contribution in [2.24, 2.45) is 11.8 Å². The van der Waals surface area contributed by atoms with E-state index in [0.29, 0.717) is 54.5 Å². The van der Waals surface area contributed by atoms with Crippen molar-refractivity contribution in [2.75, 3.05) is 31.3 Å². The number of ether oxygens (including phenoxy) is 1. The quantitative estimate of drug-likeness (QED) is 0.0899. The average Bonchev–Trinajstić information content (AvgIpc) is 3.14. The molecule has 5 atom stereocenters. The first-order valence-corrected chi connectivity index (χ1v) is 14.2. The van der Waals surface area contributed by atoms with Gasteiger partial charge in [-0.05, 0) is 43.4 Å². The molecule has 10 nitrogen and oxygen atoms in total. The standard InChI is InChI=1S/C26H37ClN2O8S/c27-19-6-5-7-21(16-19)36-18-20(30)10-11-23-22(24(31)17-25(23)32)8-3-1-2-4-9-26(33)28-12-14-38-15-13-37-29(34)35/h1,3,5-7,10-11,16,20,22-25,30-32H,2,4,8-9,12-15,17-18H2,(H,28,33)/b3-1-,11-10+/t20-,22-,23-,24+,25-/m1/s1. The van der Waals surface area contributed by atoms with Gasteiger partial charge < -0.3 is 30.2 Å². The number of carbonyl (C=O) groups excluding carboxylic acids is 1. The molecule has 1 aromatic rings. The van der Waals surface area contributed by atoms with Crippen LogP contribution in [0, 0.1) is 22.0 Å². The summed E-state index contributed by atoms with van der Waals surface area (Å²) in [6.07, 6.45) is 7.73. The number of benzene rings is 1. The number of thioether (sulfide) groups is 1. The Morgan fingerprint density at radius 2 is 2.11 bits per heavy atom. The molecule has 4 N–H and O–H groups in total. The number of halogens is 1. The molecule has 0 unspecified atom stereocenters. The van der Waals surface area contributed by atoms with E-state index in [1.54, 1.807) is 36.4 Å². The van der Waals surface area contributed by atoms with Gasteiger partial charge in [0.1, 0.15) is 25.1 Å². The Labute approximate surface area is 232 Å². The van der Waals surface area contributed by atoms with E-state index in [9.17, 15) is 30.2 Å². The minimum atomic E-state index is -0.873. The zero-order valence-electron chi connectivity index (χ0n) is 21.2. The minimum absolute atomic E-state index is 0.0353. The molecule has 0 bridgehead atoms. The number of aliphatic hydroxyl groups excluding tert-OH is 3. The number of aliphatic hydroxyl groups is 3. The number of hydrogen-bond donors (Lipinski definition) is 4.